The van der Waals surface area contributed by atoms with Crippen molar-refractivity contribution < 1.29 is 9.59 Å². The second-order valence-corrected chi connectivity index (χ2v) is 9.03. The van der Waals surface area contributed by atoms with E-state index in [9.17, 15) is 9.59 Å². The third-order valence-electron chi connectivity index (χ3n) is 6.96. The summed E-state index contributed by atoms with van der Waals surface area (Å²) in [6.45, 7) is 5.54. The Hall–Kier alpha value is -0.810. The summed E-state index contributed by atoms with van der Waals surface area (Å²) in [6.07, 6.45) is 12.9. The van der Waals surface area contributed by atoms with Gasteiger partial charge in [-0.3, -0.25) is 9.59 Å². The first-order chi connectivity index (χ1) is 13.2. The molecule has 28 heavy (non-hydrogen) atoms. The summed E-state index contributed by atoms with van der Waals surface area (Å²) >= 11 is 0. The molecule has 2 N–H and O–H groups in total. The predicted octanol–water partition coefficient (Wildman–Crippen LogP) is 3.51. The van der Waals surface area contributed by atoms with Crippen molar-refractivity contribution in [2.24, 2.45) is 17.8 Å². The molecule has 0 aromatic rings. The van der Waals surface area contributed by atoms with E-state index >= 15 is 0 Å². The molecule has 1 saturated carbocycles. The molecule has 0 bridgehead atoms. The third-order valence-corrected chi connectivity index (χ3v) is 6.96. The van der Waals surface area contributed by atoms with Crippen molar-refractivity contribution in [3.8, 4) is 0 Å². The molecule has 5 nitrogen and oxygen atoms in total. The van der Waals surface area contributed by atoms with E-state index in [1.54, 1.807) is 0 Å². The molecule has 0 spiro atoms. The Morgan fingerprint density at radius 2 is 1.79 bits per heavy atom. The first-order valence-corrected chi connectivity index (χ1v) is 11.5. The molecule has 2 amide bonds. The highest BCUT2D eigenvalue weighted by Crippen LogP contribution is 2.31. The van der Waals surface area contributed by atoms with E-state index in [0.717, 1.165) is 64.1 Å². The zero-order chi connectivity index (χ0) is 19.1. The van der Waals surface area contributed by atoms with Crippen LogP contribution >= 0.6 is 12.4 Å². The van der Waals surface area contributed by atoms with Crippen molar-refractivity contribution in [3.63, 3.8) is 0 Å². The van der Waals surface area contributed by atoms with Gasteiger partial charge in [0.1, 0.15) is 0 Å². The highest BCUT2D eigenvalue weighted by molar-refractivity contribution is 5.85. The van der Waals surface area contributed by atoms with Crippen LogP contribution in [-0.2, 0) is 9.59 Å². The van der Waals surface area contributed by atoms with E-state index < -0.39 is 0 Å². The van der Waals surface area contributed by atoms with E-state index in [4.69, 9.17) is 0 Å². The van der Waals surface area contributed by atoms with Crippen LogP contribution in [0, 0.1) is 17.8 Å². The van der Waals surface area contributed by atoms with Crippen LogP contribution in [0.5, 0.6) is 0 Å². The molecule has 0 radical (unpaired) electrons. The minimum absolute atomic E-state index is 0. The van der Waals surface area contributed by atoms with Gasteiger partial charge in [-0.1, -0.05) is 39.0 Å². The standard InChI is InChI=1S/C22H39N3O2.ClH/c1-2-19(14-17-8-4-3-5-9-17)22(27)25-13-7-10-18(16-25)15-24-21(26)20-11-6-12-23-20;/h17-20,23H,2-16H2,1H3,(H,24,26);1H. The molecule has 162 valence electrons. The van der Waals surface area contributed by atoms with E-state index in [1.807, 2.05) is 0 Å². The molecular weight excluding hydrogens is 374 g/mol. The second-order valence-electron chi connectivity index (χ2n) is 9.03. The average molecular weight is 414 g/mol. The van der Waals surface area contributed by atoms with Crippen molar-refractivity contribution in [3.05, 3.63) is 0 Å². The number of nitrogens with zero attached hydrogens (tertiary/aromatic N) is 1. The van der Waals surface area contributed by atoms with Crippen molar-refractivity contribution >= 4 is 24.2 Å². The fourth-order valence-corrected chi connectivity index (χ4v) is 5.23. The molecule has 2 heterocycles. The largest absolute Gasteiger partial charge is 0.354 e. The Bertz CT molecular complexity index is 490. The summed E-state index contributed by atoms with van der Waals surface area (Å²) in [5.41, 5.74) is 0. The van der Waals surface area contributed by atoms with Gasteiger partial charge in [-0.15, -0.1) is 12.4 Å². The first kappa shape index (κ1) is 23.5. The molecule has 6 heteroatoms. The van der Waals surface area contributed by atoms with E-state index in [2.05, 4.69) is 22.5 Å². The summed E-state index contributed by atoms with van der Waals surface area (Å²) in [5, 5.41) is 6.38. The Kier molecular flexibility index (Phi) is 10.1. The van der Waals surface area contributed by atoms with Crippen LogP contribution in [-0.4, -0.2) is 48.9 Å². The average Bonchev–Trinajstić information content (AvgIpc) is 3.26. The molecule has 2 aliphatic heterocycles. The number of hydrogen-bond donors (Lipinski definition) is 2. The normalized spacial score (nSPS) is 27.1. The third kappa shape index (κ3) is 6.62. The lowest BCUT2D eigenvalue weighted by atomic mass is 9.81. The van der Waals surface area contributed by atoms with Crippen LogP contribution in [0.4, 0.5) is 0 Å². The molecule has 3 aliphatic rings. The maximum Gasteiger partial charge on any atom is 0.237 e. The lowest BCUT2D eigenvalue weighted by molar-refractivity contribution is -0.138. The van der Waals surface area contributed by atoms with Gasteiger partial charge < -0.3 is 15.5 Å². The van der Waals surface area contributed by atoms with Crippen LogP contribution in [0.1, 0.15) is 77.6 Å². The van der Waals surface area contributed by atoms with Crippen molar-refractivity contribution in [2.45, 2.75) is 83.6 Å². The van der Waals surface area contributed by atoms with Gasteiger partial charge in [-0.05, 0) is 56.9 Å². The Morgan fingerprint density at radius 3 is 2.46 bits per heavy atom. The summed E-state index contributed by atoms with van der Waals surface area (Å²) in [5.74, 6) is 1.87. The molecule has 3 fully saturated rings. The van der Waals surface area contributed by atoms with Gasteiger partial charge in [0.25, 0.3) is 0 Å². The monoisotopic (exact) mass is 413 g/mol. The summed E-state index contributed by atoms with van der Waals surface area (Å²) < 4.78 is 0. The van der Waals surface area contributed by atoms with Gasteiger partial charge in [-0.2, -0.15) is 0 Å². The van der Waals surface area contributed by atoms with Gasteiger partial charge in [0.2, 0.25) is 11.8 Å². The Balaban J connectivity index is 0.00000280. The van der Waals surface area contributed by atoms with E-state index in [0.29, 0.717) is 18.4 Å². The molecular formula is C22H40ClN3O2. The van der Waals surface area contributed by atoms with Gasteiger partial charge in [0.15, 0.2) is 0 Å². The van der Waals surface area contributed by atoms with Gasteiger partial charge in [-0.25, -0.2) is 0 Å². The van der Waals surface area contributed by atoms with Gasteiger partial charge >= 0.3 is 0 Å². The Morgan fingerprint density at radius 1 is 1.04 bits per heavy atom. The first-order valence-electron chi connectivity index (χ1n) is 11.5. The van der Waals surface area contributed by atoms with Crippen LogP contribution < -0.4 is 10.6 Å². The second kappa shape index (κ2) is 12.0. The highest BCUT2D eigenvalue weighted by Gasteiger charge is 2.30. The van der Waals surface area contributed by atoms with Crippen molar-refractivity contribution in [2.75, 3.05) is 26.2 Å². The van der Waals surface area contributed by atoms with Crippen molar-refractivity contribution in [1.82, 2.24) is 15.5 Å². The summed E-state index contributed by atoms with van der Waals surface area (Å²) in [6, 6.07) is -0.00806. The lowest BCUT2D eigenvalue weighted by Crippen LogP contribution is -2.48. The summed E-state index contributed by atoms with van der Waals surface area (Å²) in [4.78, 5) is 27.5. The number of nitrogens with one attached hydrogen (secondary N) is 2. The minimum atomic E-state index is -0.00806. The molecule has 3 unspecified atom stereocenters. The SMILES string of the molecule is CCC(CC1CCCCC1)C(=O)N1CCCC(CNC(=O)C2CCCN2)C1.Cl. The smallest absolute Gasteiger partial charge is 0.237 e. The van der Waals surface area contributed by atoms with E-state index in [1.165, 1.54) is 32.1 Å². The molecule has 0 aromatic carbocycles. The number of rotatable bonds is 7. The van der Waals surface area contributed by atoms with Crippen LogP contribution in [0.3, 0.4) is 0 Å². The lowest BCUT2D eigenvalue weighted by Gasteiger charge is -2.36. The molecule has 3 atom stereocenters. The zero-order valence-corrected chi connectivity index (χ0v) is 18.4. The summed E-state index contributed by atoms with van der Waals surface area (Å²) in [7, 11) is 0. The molecule has 1 aliphatic carbocycles. The topological polar surface area (TPSA) is 61.4 Å². The van der Waals surface area contributed by atoms with Gasteiger partial charge in [0, 0.05) is 25.6 Å². The van der Waals surface area contributed by atoms with Gasteiger partial charge in [0.05, 0.1) is 6.04 Å². The number of piperidine rings is 1. The minimum Gasteiger partial charge on any atom is -0.354 e. The predicted molar refractivity (Wildman–Crippen MR) is 116 cm³/mol. The maximum absolute atomic E-state index is 13.1. The molecule has 2 saturated heterocycles. The molecule has 0 aromatic heterocycles. The fourth-order valence-electron chi connectivity index (χ4n) is 5.23. The number of hydrogen-bond acceptors (Lipinski definition) is 3. The van der Waals surface area contributed by atoms with Crippen molar-refractivity contribution in [1.29, 1.82) is 0 Å². The number of halogens is 1. The number of carbonyl (C=O) groups is 2. The van der Waals surface area contributed by atoms with E-state index in [-0.39, 0.29) is 30.3 Å². The van der Waals surface area contributed by atoms with Crippen LogP contribution in [0.2, 0.25) is 0 Å². The quantitative estimate of drug-likeness (QED) is 0.671. The number of carbonyl (C=O) groups excluding carboxylic acids is 2. The Labute approximate surface area is 177 Å². The fraction of sp³-hybridized carbons (Fsp3) is 0.909. The maximum atomic E-state index is 13.1. The van der Waals surface area contributed by atoms with Crippen LogP contribution in [0.15, 0.2) is 0 Å². The highest BCUT2D eigenvalue weighted by atomic mass is 35.5. The number of likely N-dealkylation sites (tertiary alicyclic amines) is 1. The number of amides is 2. The molecule has 3 rings (SSSR count). The zero-order valence-electron chi connectivity index (χ0n) is 17.6. The van der Waals surface area contributed by atoms with Crippen LogP contribution in [0.25, 0.3) is 0 Å².